The summed E-state index contributed by atoms with van der Waals surface area (Å²) in [4.78, 5) is 26.3. The molecule has 1 unspecified atom stereocenters. The van der Waals surface area contributed by atoms with Crippen LogP contribution in [0.25, 0.3) is 0 Å². The van der Waals surface area contributed by atoms with Crippen LogP contribution in [0.5, 0.6) is 0 Å². The molecule has 1 spiro atoms. The van der Waals surface area contributed by atoms with Crippen molar-refractivity contribution in [3.63, 3.8) is 0 Å². The van der Waals surface area contributed by atoms with Gasteiger partial charge in [-0.3, -0.25) is 9.59 Å². The summed E-state index contributed by atoms with van der Waals surface area (Å²) in [5.74, 6) is -0.195. The van der Waals surface area contributed by atoms with Gasteiger partial charge in [0.05, 0.1) is 22.3 Å². The van der Waals surface area contributed by atoms with Gasteiger partial charge in [0.1, 0.15) is 0 Å². The van der Waals surface area contributed by atoms with E-state index in [-0.39, 0.29) is 42.1 Å². The lowest BCUT2D eigenvalue weighted by molar-refractivity contribution is -0.135. The molecule has 1 aromatic carbocycles. The van der Waals surface area contributed by atoms with Gasteiger partial charge in [-0.1, -0.05) is 29.3 Å². The van der Waals surface area contributed by atoms with Gasteiger partial charge in [-0.15, -0.1) is 12.4 Å². The van der Waals surface area contributed by atoms with Crippen LogP contribution in [0.15, 0.2) is 18.2 Å². The third kappa shape index (κ3) is 4.40. The second-order valence-corrected chi connectivity index (χ2v) is 7.52. The lowest BCUT2D eigenvalue weighted by Gasteiger charge is -2.25. The van der Waals surface area contributed by atoms with E-state index >= 15 is 0 Å². The molecule has 138 valence electrons. The van der Waals surface area contributed by atoms with Crippen LogP contribution in [0.2, 0.25) is 10.0 Å². The van der Waals surface area contributed by atoms with Crippen molar-refractivity contribution in [3.8, 4) is 0 Å². The van der Waals surface area contributed by atoms with Crippen LogP contribution in [-0.2, 0) is 9.59 Å². The van der Waals surface area contributed by atoms with E-state index in [2.05, 4.69) is 10.6 Å². The molecule has 5 nitrogen and oxygen atoms in total. The number of hydrogen-bond acceptors (Lipinski definition) is 3. The fourth-order valence-electron chi connectivity index (χ4n) is 3.53. The van der Waals surface area contributed by atoms with Gasteiger partial charge in [-0.2, -0.15) is 0 Å². The van der Waals surface area contributed by atoms with Crippen LogP contribution in [0.3, 0.4) is 0 Å². The van der Waals surface area contributed by atoms with Crippen molar-refractivity contribution < 1.29 is 9.59 Å². The maximum absolute atomic E-state index is 12.6. The molecule has 1 saturated heterocycles. The molecule has 2 N–H and O–H groups in total. The number of rotatable bonds is 4. The van der Waals surface area contributed by atoms with E-state index in [4.69, 9.17) is 23.2 Å². The first-order valence-corrected chi connectivity index (χ1v) is 8.88. The molecule has 25 heavy (non-hydrogen) atoms. The highest BCUT2D eigenvalue weighted by molar-refractivity contribution is 6.39. The number of benzene rings is 1. The summed E-state index contributed by atoms with van der Waals surface area (Å²) in [5.41, 5.74) is 0.548. The van der Waals surface area contributed by atoms with E-state index in [1.807, 2.05) is 0 Å². The summed E-state index contributed by atoms with van der Waals surface area (Å²) < 4.78 is 0. The Morgan fingerprint density at radius 2 is 1.88 bits per heavy atom. The molecule has 0 bridgehead atoms. The number of halogens is 3. The topological polar surface area (TPSA) is 61.4 Å². The fourth-order valence-corrected chi connectivity index (χ4v) is 4.02. The maximum atomic E-state index is 12.6. The Bertz CT molecular complexity index is 642. The van der Waals surface area contributed by atoms with E-state index < -0.39 is 0 Å². The zero-order valence-electron chi connectivity index (χ0n) is 14.0. The standard InChI is InChI=1S/C17H21Cl2N3O2.ClH/c1-22(16(24)11-9-17(11)5-7-20-8-6-17)10-14(23)21-15-12(18)3-2-4-13(15)19;/h2-4,11,20H,5-10H2,1H3,(H,21,23);1H. The molecule has 1 heterocycles. The Labute approximate surface area is 163 Å². The van der Waals surface area contributed by atoms with E-state index in [0.29, 0.717) is 15.7 Å². The quantitative estimate of drug-likeness (QED) is 0.807. The molecule has 2 amide bonds. The third-order valence-electron chi connectivity index (χ3n) is 5.07. The van der Waals surface area contributed by atoms with Crippen LogP contribution in [0.1, 0.15) is 19.3 Å². The molecule has 3 rings (SSSR count). The molecular formula is C17H22Cl3N3O2. The molecule has 2 fully saturated rings. The number of anilines is 1. The van der Waals surface area contributed by atoms with Crippen molar-refractivity contribution in [1.29, 1.82) is 0 Å². The second-order valence-electron chi connectivity index (χ2n) is 6.71. The number of likely N-dealkylation sites (N-methyl/N-ethyl adjacent to an activating group) is 1. The first-order chi connectivity index (χ1) is 11.4. The highest BCUT2D eigenvalue weighted by atomic mass is 35.5. The third-order valence-corrected chi connectivity index (χ3v) is 5.70. The summed E-state index contributed by atoms with van der Waals surface area (Å²) >= 11 is 12.1. The first-order valence-electron chi connectivity index (χ1n) is 8.12. The molecule has 1 aromatic rings. The van der Waals surface area contributed by atoms with Crippen LogP contribution < -0.4 is 10.6 Å². The zero-order valence-corrected chi connectivity index (χ0v) is 16.3. The van der Waals surface area contributed by atoms with Crippen molar-refractivity contribution in [2.45, 2.75) is 19.3 Å². The predicted octanol–water partition coefficient (Wildman–Crippen LogP) is 3.20. The molecule has 0 radical (unpaired) electrons. The lowest BCUT2D eigenvalue weighted by atomic mass is 9.91. The Hall–Kier alpha value is -1.01. The van der Waals surface area contributed by atoms with Crippen LogP contribution in [0, 0.1) is 11.3 Å². The van der Waals surface area contributed by atoms with Crippen molar-refractivity contribution in [2.75, 3.05) is 32.0 Å². The summed E-state index contributed by atoms with van der Waals surface area (Å²) in [5, 5.41) is 6.76. The number of carbonyl (C=O) groups is 2. The van der Waals surface area contributed by atoms with Crippen LogP contribution >= 0.6 is 35.6 Å². The molecule has 8 heteroatoms. The average molecular weight is 407 g/mol. The number of amides is 2. The summed E-state index contributed by atoms with van der Waals surface area (Å²) in [7, 11) is 1.67. The monoisotopic (exact) mass is 405 g/mol. The molecule has 1 saturated carbocycles. The van der Waals surface area contributed by atoms with Crippen LogP contribution in [0.4, 0.5) is 5.69 Å². The Kier molecular flexibility index (Phi) is 6.60. The van der Waals surface area contributed by atoms with Crippen molar-refractivity contribution in [1.82, 2.24) is 10.2 Å². The number of nitrogens with one attached hydrogen (secondary N) is 2. The number of carbonyl (C=O) groups excluding carboxylic acids is 2. The van der Waals surface area contributed by atoms with Gasteiger partial charge in [0, 0.05) is 13.0 Å². The summed E-state index contributed by atoms with van der Waals surface area (Å²) in [6, 6.07) is 5.02. The van der Waals surface area contributed by atoms with Gasteiger partial charge in [-0.05, 0) is 49.9 Å². The number of hydrogen-bond donors (Lipinski definition) is 2. The van der Waals surface area contributed by atoms with Gasteiger partial charge in [-0.25, -0.2) is 0 Å². The predicted molar refractivity (Wildman–Crippen MR) is 103 cm³/mol. The smallest absolute Gasteiger partial charge is 0.244 e. The van der Waals surface area contributed by atoms with Gasteiger partial charge in [0.15, 0.2) is 0 Å². The van der Waals surface area contributed by atoms with Gasteiger partial charge < -0.3 is 15.5 Å². The summed E-state index contributed by atoms with van der Waals surface area (Å²) in [6.45, 7) is 1.93. The summed E-state index contributed by atoms with van der Waals surface area (Å²) in [6.07, 6.45) is 3.02. The minimum atomic E-state index is -0.305. The molecule has 1 atom stereocenters. The minimum absolute atomic E-state index is 0. The van der Waals surface area contributed by atoms with Crippen molar-refractivity contribution >= 4 is 53.1 Å². The number of para-hydroxylation sites is 1. The minimum Gasteiger partial charge on any atom is -0.336 e. The highest BCUT2D eigenvalue weighted by Gasteiger charge is 2.58. The van der Waals surface area contributed by atoms with Crippen molar-refractivity contribution in [3.05, 3.63) is 28.2 Å². The lowest BCUT2D eigenvalue weighted by Crippen LogP contribution is -2.38. The van der Waals surface area contributed by atoms with Crippen LogP contribution in [-0.4, -0.2) is 43.4 Å². The Balaban J connectivity index is 0.00000225. The SMILES string of the molecule is CN(CC(=O)Nc1c(Cl)cccc1Cl)C(=O)C1CC12CCNCC2.Cl. The first kappa shape index (κ1) is 20.3. The number of piperidine rings is 1. The van der Waals surface area contributed by atoms with Gasteiger partial charge >= 0.3 is 0 Å². The van der Waals surface area contributed by atoms with E-state index in [9.17, 15) is 9.59 Å². The highest BCUT2D eigenvalue weighted by Crippen LogP contribution is 2.59. The van der Waals surface area contributed by atoms with E-state index in [1.165, 1.54) is 4.90 Å². The zero-order chi connectivity index (χ0) is 17.3. The van der Waals surface area contributed by atoms with Gasteiger partial charge in [0.2, 0.25) is 11.8 Å². The van der Waals surface area contributed by atoms with E-state index in [1.54, 1.807) is 25.2 Å². The number of nitrogens with zero attached hydrogens (tertiary/aromatic N) is 1. The largest absolute Gasteiger partial charge is 0.336 e. The normalized spacial score (nSPS) is 20.5. The second kappa shape index (κ2) is 8.12. The van der Waals surface area contributed by atoms with Gasteiger partial charge in [0.25, 0.3) is 0 Å². The van der Waals surface area contributed by atoms with Crippen molar-refractivity contribution in [2.24, 2.45) is 11.3 Å². The molecule has 1 aliphatic carbocycles. The molecule has 0 aromatic heterocycles. The molecule has 1 aliphatic heterocycles. The Morgan fingerprint density at radius 3 is 2.48 bits per heavy atom. The van der Waals surface area contributed by atoms with E-state index in [0.717, 1.165) is 32.4 Å². The molecular weight excluding hydrogens is 385 g/mol. The fraction of sp³-hybridized carbons (Fsp3) is 0.529. The maximum Gasteiger partial charge on any atom is 0.244 e. The Morgan fingerprint density at radius 1 is 1.28 bits per heavy atom. The molecule has 2 aliphatic rings. The average Bonchev–Trinajstić information content (AvgIpc) is 3.24.